The van der Waals surface area contributed by atoms with Gasteiger partial charge in [-0.15, -0.1) is 0 Å². The minimum atomic E-state index is -0.148. The zero-order chi connectivity index (χ0) is 20.9. The van der Waals surface area contributed by atoms with Crippen molar-refractivity contribution in [3.05, 3.63) is 96.2 Å². The molecule has 4 rings (SSSR count). The highest BCUT2D eigenvalue weighted by Crippen LogP contribution is 2.24. The molecule has 5 nitrogen and oxygen atoms in total. The van der Waals surface area contributed by atoms with E-state index in [0.717, 1.165) is 23.0 Å². The van der Waals surface area contributed by atoms with E-state index in [1.807, 2.05) is 36.4 Å². The molecule has 0 spiro atoms. The molecule has 0 aliphatic rings. The Morgan fingerprint density at radius 3 is 2.30 bits per heavy atom. The number of benzene rings is 3. The lowest BCUT2D eigenvalue weighted by atomic mass is 10.1. The number of para-hydroxylation sites is 1. The van der Waals surface area contributed by atoms with E-state index in [9.17, 15) is 9.59 Å². The molecule has 0 unspecified atom stereocenters. The van der Waals surface area contributed by atoms with E-state index in [-0.39, 0.29) is 18.2 Å². The Labute approximate surface area is 175 Å². The zero-order valence-corrected chi connectivity index (χ0v) is 16.8. The Morgan fingerprint density at radius 1 is 0.833 bits per heavy atom. The molecule has 0 bridgehead atoms. The van der Waals surface area contributed by atoms with Gasteiger partial charge in [0.25, 0.3) is 0 Å². The van der Waals surface area contributed by atoms with Crippen LogP contribution < -0.4 is 10.6 Å². The summed E-state index contributed by atoms with van der Waals surface area (Å²) in [5, 5.41) is 6.73. The number of fused-ring (bicyclic) bond motifs is 1. The third-order valence-electron chi connectivity index (χ3n) is 4.88. The predicted molar refractivity (Wildman–Crippen MR) is 121 cm³/mol. The van der Waals surface area contributed by atoms with Crippen molar-refractivity contribution in [2.24, 2.45) is 0 Å². The Morgan fingerprint density at radius 2 is 1.53 bits per heavy atom. The predicted octanol–water partition coefficient (Wildman–Crippen LogP) is 4.83. The normalized spacial score (nSPS) is 10.7. The number of hydrogen-bond donors (Lipinski definition) is 2. The fourth-order valence-electron chi connectivity index (χ4n) is 3.63. The summed E-state index contributed by atoms with van der Waals surface area (Å²) in [4.78, 5) is 24.0. The molecular weight excluding hydrogens is 374 g/mol. The van der Waals surface area contributed by atoms with E-state index in [2.05, 4.69) is 45.7 Å². The van der Waals surface area contributed by atoms with Crippen LogP contribution in [0.3, 0.4) is 0 Å². The van der Waals surface area contributed by atoms with Crippen LogP contribution in [0.5, 0.6) is 0 Å². The Balaban J connectivity index is 1.54. The van der Waals surface area contributed by atoms with E-state index < -0.39 is 0 Å². The molecule has 0 atom stereocenters. The SMILES string of the molecule is CC(=O)Nc1cccc(NC(=O)Cc2cn(Cc3ccccc3)c3ccccc23)c1. The van der Waals surface area contributed by atoms with Crippen molar-refractivity contribution in [2.45, 2.75) is 19.9 Å². The molecule has 5 heteroatoms. The number of anilines is 2. The fraction of sp³-hybridized carbons (Fsp3) is 0.120. The summed E-state index contributed by atoms with van der Waals surface area (Å²) in [6.45, 7) is 2.21. The molecule has 1 aromatic heterocycles. The highest BCUT2D eigenvalue weighted by atomic mass is 16.2. The van der Waals surface area contributed by atoms with Gasteiger partial charge in [-0.05, 0) is 35.4 Å². The standard InChI is InChI=1S/C25H23N3O2/c1-18(29)26-21-10-7-11-22(15-21)27-25(30)14-20-17-28(16-19-8-3-2-4-9-19)24-13-6-5-12-23(20)24/h2-13,15,17H,14,16H2,1H3,(H,26,29)(H,27,30). The van der Waals surface area contributed by atoms with Gasteiger partial charge in [-0.25, -0.2) is 0 Å². The van der Waals surface area contributed by atoms with Crippen LogP contribution >= 0.6 is 0 Å². The van der Waals surface area contributed by atoms with Crippen molar-refractivity contribution in [1.29, 1.82) is 0 Å². The van der Waals surface area contributed by atoms with Crippen molar-refractivity contribution in [2.75, 3.05) is 10.6 Å². The van der Waals surface area contributed by atoms with Crippen LogP contribution in [0.15, 0.2) is 85.1 Å². The molecule has 0 aliphatic heterocycles. The molecule has 3 aromatic carbocycles. The zero-order valence-electron chi connectivity index (χ0n) is 16.8. The van der Waals surface area contributed by atoms with Gasteiger partial charge >= 0.3 is 0 Å². The largest absolute Gasteiger partial charge is 0.343 e. The number of nitrogens with one attached hydrogen (secondary N) is 2. The van der Waals surface area contributed by atoms with Crippen molar-refractivity contribution in [1.82, 2.24) is 4.57 Å². The number of nitrogens with zero attached hydrogens (tertiary/aromatic N) is 1. The van der Waals surface area contributed by atoms with Crippen LogP contribution in [0.4, 0.5) is 11.4 Å². The highest BCUT2D eigenvalue weighted by molar-refractivity contribution is 5.97. The van der Waals surface area contributed by atoms with Crippen LogP contribution in [-0.4, -0.2) is 16.4 Å². The van der Waals surface area contributed by atoms with Gasteiger partial charge in [0.2, 0.25) is 11.8 Å². The lowest BCUT2D eigenvalue weighted by molar-refractivity contribution is -0.115. The van der Waals surface area contributed by atoms with Crippen LogP contribution in [0.1, 0.15) is 18.1 Å². The number of hydrogen-bond acceptors (Lipinski definition) is 2. The van der Waals surface area contributed by atoms with Crippen LogP contribution in [0.2, 0.25) is 0 Å². The Bertz CT molecular complexity index is 1200. The number of carbonyl (C=O) groups is 2. The smallest absolute Gasteiger partial charge is 0.228 e. The molecule has 2 amide bonds. The minimum absolute atomic E-state index is 0.0995. The monoisotopic (exact) mass is 397 g/mol. The van der Waals surface area contributed by atoms with Gasteiger partial charge in [0.15, 0.2) is 0 Å². The van der Waals surface area contributed by atoms with Crippen molar-refractivity contribution < 1.29 is 9.59 Å². The summed E-state index contributed by atoms with van der Waals surface area (Å²) in [7, 11) is 0. The first kappa shape index (κ1) is 19.5. The lowest BCUT2D eigenvalue weighted by Crippen LogP contribution is -2.14. The maximum Gasteiger partial charge on any atom is 0.228 e. The number of amides is 2. The van der Waals surface area contributed by atoms with E-state index >= 15 is 0 Å². The van der Waals surface area contributed by atoms with Crippen LogP contribution in [-0.2, 0) is 22.6 Å². The third-order valence-corrected chi connectivity index (χ3v) is 4.88. The first-order valence-electron chi connectivity index (χ1n) is 9.87. The molecule has 0 saturated carbocycles. The van der Waals surface area contributed by atoms with Gasteiger partial charge in [-0.3, -0.25) is 9.59 Å². The van der Waals surface area contributed by atoms with E-state index in [1.54, 1.807) is 18.2 Å². The van der Waals surface area contributed by atoms with E-state index in [0.29, 0.717) is 11.4 Å². The van der Waals surface area contributed by atoms with Crippen molar-refractivity contribution in [3.63, 3.8) is 0 Å². The molecule has 150 valence electrons. The molecule has 1 heterocycles. The molecule has 30 heavy (non-hydrogen) atoms. The third kappa shape index (κ3) is 4.58. The number of aromatic nitrogens is 1. The number of rotatable bonds is 6. The molecule has 4 aromatic rings. The maximum atomic E-state index is 12.7. The molecule has 0 saturated heterocycles. The first-order chi connectivity index (χ1) is 14.6. The van der Waals surface area contributed by atoms with E-state index in [4.69, 9.17) is 0 Å². The average Bonchev–Trinajstić information content (AvgIpc) is 3.06. The summed E-state index contributed by atoms with van der Waals surface area (Å²) in [5.74, 6) is -0.248. The summed E-state index contributed by atoms with van der Waals surface area (Å²) >= 11 is 0. The van der Waals surface area contributed by atoms with Gasteiger partial charge < -0.3 is 15.2 Å². The summed E-state index contributed by atoms with van der Waals surface area (Å²) in [6, 6.07) is 25.6. The summed E-state index contributed by atoms with van der Waals surface area (Å²) < 4.78 is 2.19. The number of carbonyl (C=O) groups excluding carboxylic acids is 2. The molecule has 2 N–H and O–H groups in total. The lowest BCUT2D eigenvalue weighted by Gasteiger charge is -2.07. The van der Waals surface area contributed by atoms with Gasteiger partial charge in [0, 0.05) is 41.9 Å². The van der Waals surface area contributed by atoms with Crippen molar-refractivity contribution in [3.8, 4) is 0 Å². The molecule has 0 aliphatic carbocycles. The van der Waals surface area contributed by atoms with E-state index in [1.165, 1.54) is 12.5 Å². The van der Waals surface area contributed by atoms with Gasteiger partial charge in [0.1, 0.15) is 0 Å². The topological polar surface area (TPSA) is 63.1 Å². The van der Waals surface area contributed by atoms with Gasteiger partial charge in [0.05, 0.1) is 6.42 Å². The first-order valence-corrected chi connectivity index (χ1v) is 9.87. The summed E-state index contributed by atoms with van der Waals surface area (Å²) in [5.41, 5.74) is 4.61. The second-order valence-corrected chi connectivity index (χ2v) is 7.27. The van der Waals surface area contributed by atoms with Gasteiger partial charge in [-0.2, -0.15) is 0 Å². The van der Waals surface area contributed by atoms with Gasteiger partial charge in [-0.1, -0.05) is 54.6 Å². The fourth-order valence-corrected chi connectivity index (χ4v) is 3.63. The molecular formula is C25H23N3O2. The van der Waals surface area contributed by atoms with Crippen molar-refractivity contribution >= 4 is 34.1 Å². The minimum Gasteiger partial charge on any atom is -0.343 e. The average molecular weight is 397 g/mol. The van der Waals surface area contributed by atoms with Crippen LogP contribution in [0.25, 0.3) is 10.9 Å². The highest BCUT2D eigenvalue weighted by Gasteiger charge is 2.12. The summed E-state index contributed by atoms with van der Waals surface area (Å²) in [6.07, 6.45) is 2.33. The quantitative estimate of drug-likeness (QED) is 0.489. The molecule has 0 radical (unpaired) electrons. The second kappa shape index (κ2) is 8.66. The second-order valence-electron chi connectivity index (χ2n) is 7.27. The maximum absolute atomic E-state index is 12.7. The molecule has 0 fully saturated rings. The Kier molecular flexibility index (Phi) is 5.61. The Hall–Kier alpha value is -3.86. The van der Waals surface area contributed by atoms with Crippen LogP contribution in [0, 0.1) is 0 Å².